The lowest BCUT2D eigenvalue weighted by Gasteiger charge is -2.34. The number of carbonyl (C=O) groups is 1. The third-order valence-electron chi connectivity index (χ3n) is 4.66. The standard InChI is InChI=1S/C17H22O4/c18-16(19)17(9-3-6-14-7-4-10-20-14)11-13-5-1-2-8-15(13)21-12-17/h1-2,5,8,14H,3-4,6-7,9-12H2,(H,18,19). The molecule has 114 valence electrons. The Bertz CT molecular complexity index is 507. The third-order valence-corrected chi connectivity index (χ3v) is 4.66. The minimum atomic E-state index is -0.785. The van der Waals surface area contributed by atoms with E-state index in [2.05, 4.69) is 0 Å². The molecule has 1 aromatic rings. The first-order valence-electron chi connectivity index (χ1n) is 7.75. The average Bonchev–Trinajstić information content (AvgIpc) is 3.00. The van der Waals surface area contributed by atoms with Crippen LogP contribution in [0, 0.1) is 5.41 Å². The molecule has 2 atom stereocenters. The fraction of sp³-hybridized carbons (Fsp3) is 0.588. The molecule has 0 radical (unpaired) electrons. The van der Waals surface area contributed by atoms with Crippen LogP contribution in [0.2, 0.25) is 0 Å². The molecule has 4 nitrogen and oxygen atoms in total. The van der Waals surface area contributed by atoms with Crippen molar-refractivity contribution in [3.8, 4) is 5.75 Å². The fourth-order valence-electron chi connectivity index (χ4n) is 3.37. The van der Waals surface area contributed by atoms with Gasteiger partial charge in [0.2, 0.25) is 0 Å². The van der Waals surface area contributed by atoms with Gasteiger partial charge in [-0.3, -0.25) is 4.79 Å². The van der Waals surface area contributed by atoms with Crippen LogP contribution in [0.15, 0.2) is 24.3 Å². The average molecular weight is 290 g/mol. The topological polar surface area (TPSA) is 55.8 Å². The number of hydrogen-bond acceptors (Lipinski definition) is 3. The van der Waals surface area contributed by atoms with Crippen molar-refractivity contribution < 1.29 is 19.4 Å². The van der Waals surface area contributed by atoms with Crippen LogP contribution < -0.4 is 4.74 Å². The van der Waals surface area contributed by atoms with Crippen LogP contribution in [0.3, 0.4) is 0 Å². The minimum Gasteiger partial charge on any atom is -0.492 e. The van der Waals surface area contributed by atoms with E-state index in [9.17, 15) is 9.90 Å². The summed E-state index contributed by atoms with van der Waals surface area (Å²) < 4.78 is 11.3. The summed E-state index contributed by atoms with van der Waals surface area (Å²) in [5.74, 6) is 0.0813. The molecule has 0 amide bonds. The molecule has 21 heavy (non-hydrogen) atoms. The van der Waals surface area contributed by atoms with E-state index in [4.69, 9.17) is 9.47 Å². The first kappa shape index (κ1) is 14.4. The highest BCUT2D eigenvalue weighted by Gasteiger charge is 2.42. The van der Waals surface area contributed by atoms with Crippen LogP contribution in [-0.2, 0) is 16.0 Å². The van der Waals surface area contributed by atoms with Gasteiger partial charge in [-0.25, -0.2) is 0 Å². The smallest absolute Gasteiger partial charge is 0.313 e. The lowest BCUT2D eigenvalue weighted by molar-refractivity contribution is -0.152. The van der Waals surface area contributed by atoms with Crippen LogP contribution in [0.1, 0.15) is 37.7 Å². The lowest BCUT2D eigenvalue weighted by atomic mass is 9.76. The van der Waals surface area contributed by atoms with Gasteiger partial charge in [0.1, 0.15) is 17.8 Å². The molecular weight excluding hydrogens is 268 g/mol. The number of para-hydroxylation sites is 1. The molecule has 2 unspecified atom stereocenters. The van der Waals surface area contributed by atoms with Crippen molar-refractivity contribution in [2.45, 2.75) is 44.6 Å². The van der Waals surface area contributed by atoms with Crippen LogP contribution >= 0.6 is 0 Å². The number of rotatable bonds is 5. The van der Waals surface area contributed by atoms with Gasteiger partial charge in [0.05, 0.1) is 6.10 Å². The van der Waals surface area contributed by atoms with Gasteiger partial charge in [-0.05, 0) is 50.2 Å². The summed E-state index contributed by atoms with van der Waals surface area (Å²) in [6.07, 6.45) is 5.61. The molecule has 0 aliphatic carbocycles. The Kier molecular flexibility index (Phi) is 4.15. The van der Waals surface area contributed by atoms with Gasteiger partial charge in [0.15, 0.2) is 0 Å². The number of benzene rings is 1. The van der Waals surface area contributed by atoms with E-state index in [1.54, 1.807) is 0 Å². The number of aliphatic carboxylic acids is 1. The monoisotopic (exact) mass is 290 g/mol. The second-order valence-corrected chi connectivity index (χ2v) is 6.19. The summed E-state index contributed by atoms with van der Waals surface area (Å²) in [4.78, 5) is 11.8. The Labute approximate surface area is 125 Å². The maximum absolute atomic E-state index is 11.8. The molecule has 2 heterocycles. The highest BCUT2D eigenvalue weighted by Crippen LogP contribution is 2.38. The predicted molar refractivity (Wildman–Crippen MR) is 78.5 cm³/mol. The number of fused-ring (bicyclic) bond motifs is 1. The lowest BCUT2D eigenvalue weighted by Crippen LogP contribution is -2.42. The number of carboxylic acids is 1. The summed E-state index contributed by atoms with van der Waals surface area (Å²) in [6.45, 7) is 1.12. The molecule has 1 fully saturated rings. The molecule has 2 aliphatic rings. The Morgan fingerprint density at radius 3 is 3.00 bits per heavy atom. The highest BCUT2D eigenvalue weighted by atomic mass is 16.5. The van der Waals surface area contributed by atoms with E-state index in [1.807, 2.05) is 24.3 Å². The molecule has 0 aromatic heterocycles. The minimum absolute atomic E-state index is 0.269. The van der Waals surface area contributed by atoms with Crippen molar-refractivity contribution in [2.24, 2.45) is 5.41 Å². The first-order chi connectivity index (χ1) is 10.2. The van der Waals surface area contributed by atoms with E-state index in [0.29, 0.717) is 18.9 Å². The highest BCUT2D eigenvalue weighted by molar-refractivity contribution is 5.76. The van der Waals surface area contributed by atoms with Gasteiger partial charge in [-0.2, -0.15) is 0 Å². The fourth-order valence-corrected chi connectivity index (χ4v) is 3.37. The SMILES string of the molecule is O=C(O)C1(CCCC2CCCO2)COc2ccccc2C1. The second kappa shape index (κ2) is 6.06. The van der Waals surface area contributed by atoms with Gasteiger partial charge in [-0.15, -0.1) is 0 Å². The third kappa shape index (κ3) is 3.05. The van der Waals surface area contributed by atoms with Crippen molar-refractivity contribution in [3.63, 3.8) is 0 Å². The van der Waals surface area contributed by atoms with Crippen molar-refractivity contribution in [1.29, 1.82) is 0 Å². The zero-order chi connectivity index (χ0) is 14.7. The molecule has 3 rings (SSSR count). The van der Waals surface area contributed by atoms with Crippen molar-refractivity contribution >= 4 is 5.97 Å². The summed E-state index contributed by atoms with van der Waals surface area (Å²) in [7, 11) is 0. The van der Waals surface area contributed by atoms with Crippen molar-refractivity contribution in [3.05, 3.63) is 29.8 Å². The maximum Gasteiger partial charge on any atom is 0.313 e. The van der Waals surface area contributed by atoms with Crippen LogP contribution in [-0.4, -0.2) is 30.4 Å². The van der Waals surface area contributed by atoms with E-state index in [-0.39, 0.29) is 6.61 Å². The normalized spacial score (nSPS) is 27.9. The Hall–Kier alpha value is -1.55. The molecular formula is C17H22O4. The largest absolute Gasteiger partial charge is 0.492 e. The summed E-state index contributed by atoms with van der Waals surface area (Å²) in [5.41, 5.74) is 0.218. The number of ether oxygens (including phenoxy) is 2. The summed E-state index contributed by atoms with van der Waals surface area (Å²) in [5, 5.41) is 9.70. The summed E-state index contributed by atoms with van der Waals surface area (Å²) >= 11 is 0. The first-order valence-corrected chi connectivity index (χ1v) is 7.75. The molecule has 1 N–H and O–H groups in total. The van der Waals surface area contributed by atoms with Crippen molar-refractivity contribution in [1.82, 2.24) is 0 Å². The Balaban J connectivity index is 1.65. The zero-order valence-electron chi connectivity index (χ0n) is 12.2. The number of carboxylic acid groups (broad SMARTS) is 1. The van der Waals surface area contributed by atoms with E-state index in [0.717, 1.165) is 43.6 Å². The summed E-state index contributed by atoms with van der Waals surface area (Å²) in [6, 6.07) is 7.73. The second-order valence-electron chi connectivity index (χ2n) is 6.19. The van der Waals surface area contributed by atoms with Gasteiger partial charge in [0.25, 0.3) is 0 Å². The molecule has 1 aromatic carbocycles. The molecule has 0 saturated carbocycles. The van der Waals surface area contributed by atoms with E-state index < -0.39 is 11.4 Å². The molecule has 0 spiro atoms. The molecule has 4 heteroatoms. The molecule has 0 bridgehead atoms. The van der Waals surface area contributed by atoms with Crippen LogP contribution in [0.25, 0.3) is 0 Å². The number of hydrogen-bond donors (Lipinski definition) is 1. The van der Waals surface area contributed by atoms with Crippen LogP contribution in [0.4, 0.5) is 0 Å². The van der Waals surface area contributed by atoms with Crippen molar-refractivity contribution in [2.75, 3.05) is 13.2 Å². The maximum atomic E-state index is 11.8. The van der Waals surface area contributed by atoms with Gasteiger partial charge < -0.3 is 14.6 Å². The Morgan fingerprint density at radius 1 is 1.38 bits per heavy atom. The van der Waals surface area contributed by atoms with Gasteiger partial charge in [0, 0.05) is 6.61 Å². The predicted octanol–water partition coefficient (Wildman–Crippen LogP) is 3.04. The van der Waals surface area contributed by atoms with Crippen LogP contribution in [0.5, 0.6) is 5.75 Å². The van der Waals surface area contributed by atoms with Gasteiger partial charge in [-0.1, -0.05) is 18.2 Å². The quantitative estimate of drug-likeness (QED) is 0.905. The van der Waals surface area contributed by atoms with E-state index >= 15 is 0 Å². The molecule has 1 saturated heterocycles. The Morgan fingerprint density at radius 2 is 2.24 bits per heavy atom. The zero-order valence-corrected chi connectivity index (χ0v) is 12.2. The van der Waals surface area contributed by atoms with E-state index in [1.165, 1.54) is 0 Å². The molecule has 2 aliphatic heterocycles. The van der Waals surface area contributed by atoms with Gasteiger partial charge >= 0.3 is 5.97 Å².